The first-order valence-electron chi connectivity index (χ1n) is 9.33. The van der Waals surface area contributed by atoms with E-state index in [1.54, 1.807) is 0 Å². The average molecular weight is 433 g/mol. The van der Waals surface area contributed by atoms with Gasteiger partial charge in [-0.1, -0.05) is 6.42 Å². The van der Waals surface area contributed by atoms with E-state index in [1.807, 2.05) is 11.5 Å². The Morgan fingerprint density at radius 1 is 1.26 bits per heavy atom. The molecule has 144 valence electrons. The number of hydrogen-bond donors (Lipinski definition) is 1. The lowest BCUT2D eigenvalue weighted by atomic mass is 10.1. The smallest absolute Gasteiger partial charge is 0.259 e. The summed E-state index contributed by atoms with van der Waals surface area (Å²) in [6, 6.07) is 6.32. The second-order valence-corrected chi connectivity index (χ2v) is 6.95. The Labute approximate surface area is 169 Å². The van der Waals surface area contributed by atoms with Gasteiger partial charge in [-0.3, -0.25) is 4.79 Å². The fourth-order valence-corrected chi connectivity index (χ4v) is 4.05. The number of fused-ring (bicyclic) bond motifs is 2. The first kappa shape index (κ1) is 19.5. The highest BCUT2D eigenvalue weighted by atomic mass is 79.9. The van der Waals surface area contributed by atoms with Gasteiger partial charge in [0, 0.05) is 31.5 Å². The van der Waals surface area contributed by atoms with Crippen LogP contribution in [0.25, 0.3) is 22.4 Å². The minimum Gasteiger partial charge on any atom is -1.00 e. The molecule has 0 radical (unpaired) electrons. The zero-order valence-electron chi connectivity index (χ0n) is 15.8. The monoisotopic (exact) mass is 432 g/mol. The molecule has 1 aromatic carbocycles. The number of hydrogen-bond acceptors (Lipinski definition) is 3. The Kier molecular flexibility index (Phi) is 5.64. The van der Waals surface area contributed by atoms with Crippen LogP contribution in [0.2, 0.25) is 0 Å². The van der Waals surface area contributed by atoms with Crippen LogP contribution in [0.1, 0.15) is 37.8 Å². The number of aromatic nitrogens is 5. The highest BCUT2D eigenvalue weighted by Crippen LogP contribution is 2.26. The van der Waals surface area contributed by atoms with Gasteiger partial charge in [-0.15, -0.1) is 10.2 Å². The van der Waals surface area contributed by atoms with Crippen molar-refractivity contribution in [3.8, 4) is 11.4 Å². The molecule has 3 aromatic rings. The number of rotatable bonds is 4. The van der Waals surface area contributed by atoms with Gasteiger partial charge in [0.25, 0.3) is 11.7 Å². The number of nitrogens with zero attached hydrogens (tertiary/aromatic N) is 5. The SMILES string of the molecule is CC[n+]1c(C)n(CC(N)=O)c2cc(-c3nnc4n3CCCCC4)ccc21.[Br-]. The van der Waals surface area contributed by atoms with E-state index in [1.165, 1.54) is 12.8 Å². The van der Waals surface area contributed by atoms with E-state index in [-0.39, 0.29) is 29.4 Å². The molecule has 7 nitrogen and oxygen atoms in total. The molecule has 27 heavy (non-hydrogen) atoms. The van der Waals surface area contributed by atoms with E-state index >= 15 is 0 Å². The maximum absolute atomic E-state index is 11.6. The van der Waals surface area contributed by atoms with Crippen LogP contribution in [0, 0.1) is 6.92 Å². The molecule has 2 aromatic heterocycles. The fourth-order valence-electron chi connectivity index (χ4n) is 4.05. The van der Waals surface area contributed by atoms with Crippen LogP contribution in [0.5, 0.6) is 0 Å². The molecular weight excluding hydrogens is 408 g/mol. The number of aryl methyl sites for hydroxylation is 2. The normalized spacial score (nSPS) is 13.9. The molecule has 4 rings (SSSR count). The van der Waals surface area contributed by atoms with Crippen molar-refractivity contribution in [2.45, 2.75) is 59.2 Å². The predicted octanol–water partition coefficient (Wildman–Crippen LogP) is -1.27. The molecule has 0 saturated heterocycles. The van der Waals surface area contributed by atoms with Gasteiger partial charge >= 0.3 is 0 Å². The second-order valence-electron chi connectivity index (χ2n) is 6.95. The number of carbonyl (C=O) groups is 1. The third-order valence-corrected chi connectivity index (χ3v) is 5.34. The molecule has 1 amide bonds. The lowest BCUT2D eigenvalue weighted by Gasteiger charge is -2.06. The predicted molar refractivity (Wildman–Crippen MR) is 98.3 cm³/mol. The van der Waals surface area contributed by atoms with Crippen molar-refractivity contribution in [3.63, 3.8) is 0 Å². The quantitative estimate of drug-likeness (QED) is 0.521. The van der Waals surface area contributed by atoms with Crippen molar-refractivity contribution in [1.29, 1.82) is 0 Å². The molecule has 0 unspecified atom stereocenters. The molecule has 1 aliphatic rings. The van der Waals surface area contributed by atoms with E-state index in [4.69, 9.17) is 5.73 Å². The number of amides is 1. The van der Waals surface area contributed by atoms with Crippen LogP contribution < -0.4 is 27.3 Å². The van der Waals surface area contributed by atoms with E-state index in [9.17, 15) is 4.79 Å². The van der Waals surface area contributed by atoms with Crippen LogP contribution in [0.15, 0.2) is 18.2 Å². The van der Waals surface area contributed by atoms with Crippen molar-refractivity contribution < 1.29 is 26.3 Å². The Morgan fingerprint density at radius 2 is 2.07 bits per heavy atom. The average Bonchev–Trinajstić information content (AvgIpc) is 3.03. The maximum atomic E-state index is 11.6. The molecule has 0 fully saturated rings. The summed E-state index contributed by atoms with van der Waals surface area (Å²) in [7, 11) is 0. The molecule has 0 spiro atoms. The van der Waals surface area contributed by atoms with Gasteiger partial charge in [-0.25, -0.2) is 9.13 Å². The zero-order chi connectivity index (χ0) is 18.3. The van der Waals surface area contributed by atoms with Gasteiger partial charge < -0.3 is 27.3 Å². The Bertz CT molecular complexity index is 990. The molecule has 3 heterocycles. The van der Waals surface area contributed by atoms with Crippen molar-refractivity contribution in [2.24, 2.45) is 5.73 Å². The third kappa shape index (κ3) is 3.38. The van der Waals surface area contributed by atoms with E-state index in [0.29, 0.717) is 0 Å². The first-order chi connectivity index (χ1) is 12.6. The number of benzene rings is 1. The van der Waals surface area contributed by atoms with E-state index < -0.39 is 0 Å². The summed E-state index contributed by atoms with van der Waals surface area (Å²) < 4.78 is 6.44. The Morgan fingerprint density at radius 3 is 2.81 bits per heavy atom. The number of nitrogens with two attached hydrogens (primary N) is 1. The summed E-state index contributed by atoms with van der Waals surface area (Å²) in [6.45, 7) is 6.11. The minimum absolute atomic E-state index is 0. The fraction of sp³-hybridized carbons (Fsp3) is 0.474. The molecule has 8 heteroatoms. The maximum Gasteiger partial charge on any atom is 0.259 e. The van der Waals surface area contributed by atoms with Crippen molar-refractivity contribution in [3.05, 3.63) is 29.8 Å². The molecule has 0 atom stereocenters. The highest BCUT2D eigenvalue weighted by Gasteiger charge is 2.24. The summed E-state index contributed by atoms with van der Waals surface area (Å²) in [4.78, 5) is 11.6. The highest BCUT2D eigenvalue weighted by molar-refractivity contribution is 5.81. The van der Waals surface area contributed by atoms with Gasteiger partial charge in [-0.2, -0.15) is 0 Å². The zero-order valence-corrected chi connectivity index (χ0v) is 17.4. The Hall–Kier alpha value is -2.22. The van der Waals surface area contributed by atoms with E-state index in [2.05, 4.69) is 44.5 Å². The van der Waals surface area contributed by atoms with Crippen LogP contribution in [0.4, 0.5) is 0 Å². The third-order valence-electron chi connectivity index (χ3n) is 5.34. The van der Waals surface area contributed by atoms with Crippen molar-refractivity contribution in [2.75, 3.05) is 0 Å². The van der Waals surface area contributed by atoms with Crippen LogP contribution >= 0.6 is 0 Å². The van der Waals surface area contributed by atoms with Crippen molar-refractivity contribution in [1.82, 2.24) is 19.3 Å². The summed E-state index contributed by atoms with van der Waals surface area (Å²) in [5, 5.41) is 8.87. The van der Waals surface area contributed by atoms with Crippen LogP contribution in [-0.4, -0.2) is 25.2 Å². The van der Waals surface area contributed by atoms with E-state index in [0.717, 1.165) is 60.0 Å². The molecule has 0 saturated carbocycles. The lowest BCUT2D eigenvalue weighted by Crippen LogP contribution is -3.00. The number of imidazole rings is 1. The summed E-state index contributed by atoms with van der Waals surface area (Å²) in [5.74, 6) is 2.68. The van der Waals surface area contributed by atoms with Gasteiger partial charge in [-0.05, 0) is 31.9 Å². The first-order valence-corrected chi connectivity index (χ1v) is 9.33. The minimum atomic E-state index is -0.338. The standard InChI is InChI=1S/C19H24N6O.BrH/c1-3-23-13(2)25(12-17(20)26)16-11-14(8-9-15(16)23)19-22-21-18-7-5-4-6-10-24(18)19;/h8-9,11H,3-7,10,12H2,1-2H3,(H-,20,26);1H. The number of halogens is 1. The Balaban J connectivity index is 0.00000210. The molecule has 0 bridgehead atoms. The topological polar surface area (TPSA) is 82.6 Å². The van der Waals surface area contributed by atoms with Crippen molar-refractivity contribution >= 4 is 16.9 Å². The summed E-state index contributed by atoms with van der Waals surface area (Å²) in [6.07, 6.45) is 4.56. The van der Waals surface area contributed by atoms with Gasteiger partial charge in [0.2, 0.25) is 0 Å². The lowest BCUT2D eigenvalue weighted by molar-refractivity contribution is -0.674. The largest absolute Gasteiger partial charge is 1.00 e. The summed E-state index contributed by atoms with van der Waals surface area (Å²) >= 11 is 0. The van der Waals surface area contributed by atoms with Crippen LogP contribution in [-0.2, 0) is 30.8 Å². The van der Waals surface area contributed by atoms with Gasteiger partial charge in [0.05, 0.1) is 6.54 Å². The molecular formula is C19H25BrN6O. The molecule has 1 aliphatic heterocycles. The molecule has 0 aliphatic carbocycles. The second kappa shape index (κ2) is 7.80. The summed E-state index contributed by atoms with van der Waals surface area (Å²) in [5.41, 5.74) is 8.62. The number of primary amides is 1. The number of carbonyl (C=O) groups excluding carboxylic acids is 1. The molecule has 2 N–H and O–H groups in total. The van der Waals surface area contributed by atoms with Gasteiger partial charge in [0.15, 0.2) is 23.4 Å². The van der Waals surface area contributed by atoms with Crippen LogP contribution in [0.3, 0.4) is 0 Å². The van der Waals surface area contributed by atoms with Gasteiger partial charge in [0.1, 0.15) is 5.82 Å².